The minimum Gasteiger partial charge on any atom is -0.507 e. The molecule has 0 aliphatic heterocycles. The molecule has 1 aromatic rings. The monoisotopic (exact) mass is 298 g/mol. The van der Waals surface area contributed by atoms with E-state index in [1.54, 1.807) is 6.07 Å². The molecule has 2 unspecified atom stereocenters. The molecule has 0 saturated carbocycles. The maximum atomic E-state index is 9.56. The molecule has 1 rings (SSSR count). The smallest absolute Gasteiger partial charge is 0.129 e. The normalized spacial score (nSPS) is 14.9. The zero-order valence-corrected chi connectivity index (χ0v) is 12.8. The van der Waals surface area contributed by atoms with Gasteiger partial charge in [-0.05, 0) is 57.8 Å². The lowest BCUT2D eigenvalue weighted by molar-refractivity contribution is 0.376. The fraction of sp³-hybridized carbons (Fsp3) is 0.600. The van der Waals surface area contributed by atoms with Crippen molar-refractivity contribution in [2.24, 2.45) is 11.8 Å². The van der Waals surface area contributed by atoms with Crippen LogP contribution in [0.4, 0.5) is 0 Å². The van der Waals surface area contributed by atoms with E-state index in [9.17, 15) is 5.11 Å². The van der Waals surface area contributed by atoms with Crippen molar-refractivity contribution in [2.75, 3.05) is 0 Å². The maximum Gasteiger partial charge on any atom is 0.129 e. The first kappa shape index (κ1) is 14.6. The predicted molar refractivity (Wildman–Crippen MR) is 77.5 cm³/mol. The van der Waals surface area contributed by atoms with Gasteiger partial charge in [-0.25, -0.2) is 0 Å². The van der Waals surface area contributed by atoms with Gasteiger partial charge in [0.1, 0.15) is 5.75 Å². The number of phenolic OH excluding ortho intramolecular Hbond substituents is 1. The van der Waals surface area contributed by atoms with E-state index in [1.165, 1.54) is 18.4 Å². The summed E-state index contributed by atoms with van der Waals surface area (Å²) in [6.07, 6.45) is 2.39. The molecular formula is C15H23BrO. The van der Waals surface area contributed by atoms with Gasteiger partial charge in [-0.2, -0.15) is 0 Å². The molecule has 0 aliphatic carbocycles. The van der Waals surface area contributed by atoms with Crippen molar-refractivity contribution in [1.82, 2.24) is 0 Å². The van der Waals surface area contributed by atoms with Gasteiger partial charge < -0.3 is 5.11 Å². The number of phenols is 1. The second-order valence-electron chi connectivity index (χ2n) is 5.33. The van der Waals surface area contributed by atoms with Crippen LogP contribution in [0.25, 0.3) is 0 Å². The standard InChI is InChI=1S/C15H23BrO/c1-5-11(4)13(8-10(2)3)12-6-7-15(17)14(16)9-12/h6-7,9-11,13,17H,5,8H2,1-4H3. The van der Waals surface area contributed by atoms with Crippen molar-refractivity contribution in [3.8, 4) is 5.75 Å². The second-order valence-corrected chi connectivity index (χ2v) is 6.19. The Kier molecular flexibility index (Phi) is 5.51. The molecule has 96 valence electrons. The van der Waals surface area contributed by atoms with Crippen LogP contribution in [0.5, 0.6) is 5.75 Å². The van der Waals surface area contributed by atoms with E-state index in [-0.39, 0.29) is 0 Å². The van der Waals surface area contributed by atoms with E-state index < -0.39 is 0 Å². The number of hydrogen-bond acceptors (Lipinski definition) is 1. The zero-order chi connectivity index (χ0) is 13.0. The molecule has 17 heavy (non-hydrogen) atoms. The number of halogens is 1. The first-order valence-corrected chi connectivity index (χ1v) is 7.23. The quantitative estimate of drug-likeness (QED) is 0.779. The van der Waals surface area contributed by atoms with Crippen LogP contribution in [0.2, 0.25) is 0 Å². The van der Waals surface area contributed by atoms with Gasteiger partial charge >= 0.3 is 0 Å². The molecular weight excluding hydrogens is 276 g/mol. The van der Waals surface area contributed by atoms with E-state index >= 15 is 0 Å². The summed E-state index contributed by atoms with van der Waals surface area (Å²) >= 11 is 3.40. The van der Waals surface area contributed by atoms with E-state index in [1.807, 2.05) is 0 Å². The summed E-state index contributed by atoms with van der Waals surface area (Å²) in [5, 5.41) is 9.56. The van der Waals surface area contributed by atoms with Crippen LogP contribution < -0.4 is 0 Å². The van der Waals surface area contributed by atoms with Crippen LogP contribution in [-0.2, 0) is 0 Å². The van der Waals surface area contributed by atoms with Crippen LogP contribution in [0, 0.1) is 11.8 Å². The number of aromatic hydroxyl groups is 1. The van der Waals surface area contributed by atoms with E-state index in [0.29, 0.717) is 23.5 Å². The Morgan fingerprint density at radius 1 is 1.24 bits per heavy atom. The van der Waals surface area contributed by atoms with E-state index in [0.717, 1.165) is 4.47 Å². The molecule has 0 fully saturated rings. The van der Waals surface area contributed by atoms with Gasteiger partial charge in [-0.15, -0.1) is 0 Å². The highest BCUT2D eigenvalue weighted by Gasteiger charge is 2.20. The van der Waals surface area contributed by atoms with Crippen molar-refractivity contribution < 1.29 is 5.11 Å². The van der Waals surface area contributed by atoms with Crippen molar-refractivity contribution in [3.05, 3.63) is 28.2 Å². The van der Waals surface area contributed by atoms with Gasteiger partial charge in [-0.3, -0.25) is 0 Å². The summed E-state index contributed by atoms with van der Waals surface area (Å²) in [6, 6.07) is 5.91. The Bertz CT molecular complexity index is 360. The van der Waals surface area contributed by atoms with Gasteiger partial charge in [0.25, 0.3) is 0 Å². The topological polar surface area (TPSA) is 20.2 Å². The maximum absolute atomic E-state index is 9.56. The van der Waals surface area contributed by atoms with Gasteiger partial charge in [0, 0.05) is 0 Å². The fourth-order valence-electron chi connectivity index (χ4n) is 2.24. The zero-order valence-electron chi connectivity index (χ0n) is 11.2. The van der Waals surface area contributed by atoms with Crippen LogP contribution in [0.15, 0.2) is 22.7 Å². The summed E-state index contributed by atoms with van der Waals surface area (Å²) in [5.74, 6) is 2.27. The van der Waals surface area contributed by atoms with Crippen molar-refractivity contribution in [3.63, 3.8) is 0 Å². The summed E-state index contributed by atoms with van der Waals surface area (Å²) < 4.78 is 0.798. The Morgan fingerprint density at radius 3 is 2.35 bits per heavy atom. The minimum atomic E-state index is 0.321. The Balaban J connectivity index is 2.99. The van der Waals surface area contributed by atoms with E-state index in [2.05, 4.69) is 55.8 Å². The molecule has 1 nitrogen and oxygen atoms in total. The van der Waals surface area contributed by atoms with Crippen molar-refractivity contribution in [2.45, 2.75) is 46.5 Å². The van der Waals surface area contributed by atoms with Gasteiger partial charge in [0.15, 0.2) is 0 Å². The lowest BCUT2D eigenvalue weighted by Crippen LogP contribution is -2.12. The third kappa shape index (κ3) is 4.02. The van der Waals surface area contributed by atoms with E-state index in [4.69, 9.17) is 0 Å². The Labute approximate surface area is 113 Å². The summed E-state index contributed by atoms with van der Waals surface area (Å²) in [7, 11) is 0. The first-order chi connectivity index (χ1) is 7.95. The van der Waals surface area contributed by atoms with Crippen LogP contribution in [0.1, 0.15) is 52.0 Å². The third-order valence-electron chi connectivity index (χ3n) is 3.46. The van der Waals surface area contributed by atoms with Crippen LogP contribution in [-0.4, -0.2) is 5.11 Å². The lowest BCUT2D eigenvalue weighted by Gasteiger charge is -2.25. The molecule has 2 heteroatoms. The number of benzene rings is 1. The van der Waals surface area contributed by atoms with Gasteiger partial charge in [-0.1, -0.05) is 40.2 Å². The van der Waals surface area contributed by atoms with Gasteiger partial charge in [0.2, 0.25) is 0 Å². The van der Waals surface area contributed by atoms with Crippen LogP contribution in [0.3, 0.4) is 0 Å². The molecule has 0 aliphatic rings. The van der Waals surface area contributed by atoms with Crippen molar-refractivity contribution >= 4 is 15.9 Å². The molecule has 0 bridgehead atoms. The molecule has 0 aromatic heterocycles. The molecule has 0 heterocycles. The summed E-state index contributed by atoms with van der Waals surface area (Å²) in [4.78, 5) is 0. The molecule has 0 spiro atoms. The van der Waals surface area contributed by atoms with Gasteiger partial charge in [0.05, 0.1) is 4.47 Å². The average Bonchev–Trinajstić information content (AvgIpc) is 2.28. The number of hydrogen-bond donors (Lipinski definition) is 1. The minimum absolute atomic E-state index is 0.321. The predicted octanol–water partition coefficient (Wildman–Crippen LogP) is 5.33. The molecule has 1 aromatic carbocycles. The summed E-state index contributed by atoms with van der Waals surface area (Å²) in [5.41, 5.74) is 1.33. The highest BCUT2D eigenvalue weighted by atomic mass is 79.9. The number of rotatable bonds is 5. The molecule has 0 radical (unpaired) electrons. The highest BCUT2D eigenvalue weighted by Crippen LogP contribution is 2.36. The molecule has 1 N–H and O–H groups in total. The third-order valence-corrected chi connectivity index (χ3v) is 4.09. The second kappa shape index (κ2) is 6.44. The fourth-order valence-corrected chi connectivity index (χ4v) is 2.64. The highest BCUT2D eigenvalue weighted by molar-refractivity contribution is 9.10. The molecule has 2 atom stereocenters. The molecule has 0 saturated heterocycles. The SMILES string of the molecule is CCC(C)C(CC(C)C)c1ccc(O)c(Br)c1. The lowest BCUT2D eigenvalue weighted by atomic mass is 9.80. The largest absolute Gasteiger partial charge is 0.507 e. The Hall–Kier alpha value is -0.500. The first-order valence-electron chi connectivity index (χ1n) is 6.44. The molecule has 0 amide bonds. The Morgan fingerprint density at radius 2 is 1.88 bits per heavy atom. The van der Waals surface area contributed by atoms with Crippen molar-refractivity contribution in [1.29, 1.82) is 0 Å². The summed E-state index contributed by atoms with van der Waals surface area (Å²) in [6.45, 7) is 9.09. The average molecular weight is 299 g/mol. The van der Waals surface area contributed by atoms with Crippen LogP contribution >= 0.6 is 15.9 Å².